The number of aryl methyl sites for hydroxylation is 1. The Morgan fingerprint density at radius 2 is 2.13 bits per heavy atom. The maximum Gasteiger partial charge on any atom is 0.338 e. The van der Waals surface area contributed by atoms with Crippen molar-refractivity contribution in [3.8, 4) is 5.88 Å². The second kappa shape index (κ2) is 5.34. The first-order chi connectivity index (χ1) is 7.21. The second-order valence-electron chi connectivity index (χ2n) is 3.13. The van der Waals surface area contributed by atoms with Crippen LogP contribution in [0, 0.1) is 0 Å². The fraction of sp³-hybridized carbons (Fsp3) is 0.455. The van der Waals surface area contributed by atoms with Crippen molar-refractivity contribution in [1.29, 1.82) is 0 Å². The zero-order chi connectivity index (χ0) is 11.3. The van der Waals surface area contributed by atoms with Gasteiger partial charge in [-0.1, -0.05) is 13.3 Å². The number of methoxy groups -OCH3 is 2. The number of carbonyl (C=O) groups is 1. The van der Waals surface area contributed by atoms with Crippen LogP contribution in [0.3, 0.4) is 0 Å². The molecule has 1 aromatic rings. The average Bonchev–Trinajstić information content (AvgIpc) is 2.28. The molecule has 4 heteroatoms. The quantitative estimate of drug-likeness (QED) is 0.710. The van der Waals surface area contributed by atoms with Crippen molar-refractivity contribution >= 4 is 5.97 Å². The Balaban J connectivity index is 3.05. The lowest BCUT2D eigenvalue weighted by molar-refractivity contribution is 0.0600. The molecular weight excluding hydrogens is 194 g/mol. The van der Waals surface area contributed by atoms with Gasteiger partial charge < -0.3 is 9.47 Å². The molecule has 1 rings (SSSR count). The summed E-state index contributed by atoms with van der Waals surface area (Å²) in [6.45, 7) is 2.05. The van der Waals surface area contributed by atoms with E-state index in [1.54, 1.807) is 12.1 Å². The number of esters is 1. The molecule has 0 aliphatic rings. The molecule has 0 bridgehead atoms. The van der Waals surface area contributed by atoms with Crippen LogP contribution in [0.4, 0.5) is 0 Å². The van der Waals surface area contributed by atoms with E-state index >= 15 is 0 Å². The van der Waals surface area contributed by atoms with E-state index in [0.29, 0.717) is 11.4 Å². The summed E-state index contributed by atoms with van der Waals surface area (Å²) in [7, 11) is 2.88. The number of ether oxygens (including phenoxy) is 2. The topological polar surface area (TPSA) is 48.4 Å². The van der Waals surface area contributed by atoms with E-state index < -0.39 is 0 Å². The lowest BCUT2D eigenvalue weighted by atomic mass is 10.1. The van der Waals surface area contributed by atoms with E-state index in [1.165, 1.54) is 14.2 Å². The molecule has 0 spiro atoms. The molecule has 15 heavy (non-hydrogen) atoms. The highest BCUT2D eigenvalue weighted by molar-refractivity contribution is 5.89. The molecule has 4 nitrogen and oxygen atoms in total. The predicted octanol–water partition coefficient (Wildman–Crippen LogP) is 1.83. The van der Waals surface area contributed by atoms with Gasteiger partial charge in [-0.05, 0) is 12.5 Å². The summed E-state index contributed by atoms with van der Waals surface area (Å²) in [6.07, 6.45) is 1.79. The molecule has 0 aromatic carbocycles. The Labute approximate surface area is 89.2 Å². The standard InChI is InChI=1S/C11H15NO3/c1-4-5-9-6-8(11(13)15-3)7-10(12-9)14-2/h6-7H,4-5H2,1-3H3. The van der Waals surface area contributed by atoms with Crippen molar-refractivity contribution in [2.24, 2.45) is 0 Å². The van der Waals surface area contributed by atoms with Gasteiger partial charge in [-0.25, -0.2) is 9.78 Å². The third kappa shape index (κ3) is 2.94. The van der Waals surface area contributed by atoms with Crippen molar-refractivity contribution < 1.29 is 14.3 Å². The zero-order valence-corrected chi connectivity index (χ0v) is 9.24. The minimum Gasteiger partial charge on any atom is -0.481 e. The zero-order valence-electron chi connectivity index (χ0n) is 9.24. The molecular formula is C11H15NO3. The van der Waals surface area contributed by atoms with Crippen LogP contribution in [-0.2, 0) is 11.2 Å². The van der Waals surface area contributed by atoms with E-state index in [-0.39, 0.29) is 5.97 Å². The Kier molecular flexibility index (Phi) is 4.09. The lowest BCUT2D eigenvalue weighted by Gasteiger charge is -2.05. The molecule has 1 heterocycles. The Morgan fingerprint density at radius 1 is 1.40 bits per heavy atom. The van der Waals surface area contributed by atoms with Gasteiger partial charge in [-0.2, -0.15) is 0 Å². The lowest BCUT2D eigenvalue weighted by Crippen LogP contribution is -2.04. The van der Waals surface area contributed by atoms with Crippen molar-refractivity contribution in [1.82, 2.24) is 4.98 Å². The smallest absolute Gasteiger partial charge is 0.338 e. The van der Waals surface area contributed by atoms with Gasteiger partial charge in [0.05, 0.1) is 19.8 Å². The number of hydrogen-bond acceptors (Lipinski definition) is 4. The number of carbonyl (C=O) groups excluding carboxylic acids is 1. The molecule has 0 fully saturated rings. The number of hydrogen-bond donors (Lipinski definition) is 0. The molecule has 0 amide bonds. The van der Waals surface area contributed by atoms with Crippen LogP contribution in [0.15, 0.2) is 12.1 Å². The van der Waals surface area contributed by atoms with Crippen molar-refractivity contribution in [3.05, 3.63) is 23.4 Å². The minimum absolute atomic E-state index is 0.368. The summed E-state index contributed by atoms with van der Waals surface area (Å²) >= 11 is 0. The molecule has 0 N–H and O–H groups in total. The van der Waals surface area contributed by atoms with Crippen LogP contribution >= 0.6 is 0 Å². The largest absolute Gasteiger partial charge is 0.481 e. The Bertz CT molecular complexity index is 350. The first-order valence-corrected chi connectivity index (χ1v) is 4.84. The summed E-state index contributed by atoms with van der Waals surface area (Å²) in [4.78, 5) is 15.6. The van der Waals surface area contributed by atoms with Crippen LogP contribution in [0.25, 0.3) is 0 Å². The maximum absolute atomic E-state index is 11.3. The van der Waals surface area contributed by atoms with E-state index in [2.05, 4.69) is 16.6 Å². The average molecular weight is 209 g/mol. The van der Waals surface area contributed by atoms with E-state index in [1.807, 2.05) is 0 Å². The van der Waals surface area contributed by atoms with Gasteiger partial charge in [0.1, 0.15) is 0 Å². The number of aromatic nitrogens is 1. The highest BCUT2D eigenvalue weighted by atomic mass is 16.5. The summed E-state index contributed by atoms with van der Waals surface area (Å²) < 4.78 is 9.66. The minimum atomic E-state index is -0.368. The van der Waals surface area contributed by atoms with Gasteiger partial charge in [-0.15, -0.1) is 0 Å². The third-order valence-corrected chi connectivity index (χ3v) is 1.99. The first kappa shape index (κ1) is 11.5. The van der Waals surface area contributed by atoms with E-state index in [0.717, 1.165) is 18.5 Å². The third-order valence-electron chi connectivity index (χ3n) is 1.99. The number of nitrogens with zero attached hydrogens (tertiary/aromatic N) is 1. The molecule has 0 saturated carbocycles. The molecule has 0 aliphatic carbocycles. The van der Waals surface area contributed by atoms with Crippen LogP contribution in [0.1, 0.15) is 29.4 Å². The van der Waals surface area contributed by atoms with E-state index in [9.17, 15) is 4.79 Å². The monoisotopic (exact) mass is 209 g/mol. The SMILES string of the molecule is CCCc1cc(C(=O)OC)cc(OC)n1. The number of pyridine rings is 1. The fourth-order valence-electron chi connectivity index (χ4n) is 1.28. The highest BCUT2D eigenvalue weighted by Gasteiger charge is 2.09. The molecule has 0 unspecified atom stereocenters. The van der Waals surface area contributed by atoms with Crippen LogP contribution in [0.5, 0.6) is 5.88 Å². The first-order valence-electron chi connectivity index (χ1n) is 4.84. The molecule has 0 saturated heterocycles. The van der Waals surface area contributed by atoms with Crippen molar-refractivity contribution in [2.45, 2.75) is 19.8 Å². The summed E-state index contributed by atoms with van der Waals surface area (Å²) in [5.74, 6) is 0.0782. The van der Waals surface area contributed by atoms with Crippen molar-refractivity contribution in [3.63, 3.8) is 0 Å². The van der Waals surface area contributed by atoms with Crippen LogP contribution in [-0.4, -0.2) is 25.2 Å². The van der Waals surface area contributed by atoms with Gasteiger partial charge in [0.25, 0.3) is 0 Å². The Morgan fingerprint density at radius 3 is 2.67 bits per heavy atom. The molecule has 0 atom stereocenters. The molecule has 0 aliphatic heterocycles. The highest BCUT2D eigenvalue weighted by Crippen LogP contribution is 2.14. The summed E-state index contributed by atoms with van der Waals surface area (Å²) in [5, 5.41) is 0. The summed E-state index contributed by atoms with van der Waals surface area (Å²) in [5.41, 5.74) is 1.32. The summed E-state index contributed by atoms with van der Waals surface area (Å²) in [6, 6.07) is 3.31. The maximum atomic E-state index is 11.3. The van der Waals surface area contributed by atoms with Crippen molar-refractivity contribution in [2.75, 3.05) is 14.2 Å². The normalized spacial score (nSPS) is 9.80. The van der Waals surface area contributed by atoms with Gasteiger partial charge in [0.15, 0.2) is 0 Å². The van der Waals surface area contributed by atoms with Gasteiger partial charge in [0, 0.05) is 11.8 Å². The number of rotatable bonds is 4. The van der Waals surface area contributed by atoms with Crippen LogP contribution in [0.2, 0.25) is 0 Å². The van der Waals surface area contributed by atoms with E-state index in [4.69, 9.17) is 4.74 Å². The molecule has 1 aromatic heterocycles. The predicted molar refractivity (Wildman–Crippen MR) is 56.1 cm³/mol. The second-order valence-corrected chi connectivity index (χ2v) is 3.13. The van der Waals surface area contributed by atoms with Gasteiger partial charge >= 0.3 is 5.97 Å². The molecule has 82 valence electrons. The molecule has 0 radical (unpaired) electrons. The van der Waals surface area contributed by atoms with Gasteiger partial charge in [-0.3, -0.25) is 0 Å². The fourth-order valence-corrected chi connectivity index (χ4v) is 1.28. The Hall–Kier alpha value is -1.58. The van der Waals surface area contributed by atoms with Gasteiger partial charge in [0.2, 0.25) is 5.88 Å². The van der Waals surface area contributed by atoms with Crippen LogP contribution < -0.4 is 4.74 Å².